The van der Waals surface area contributed by atoms with Crippen molar-refractivity contribution in [2.45, 2.75) is 51.0 Å². The van der Waals surface area contributed by atoms with Gasteiger partial charge in [-0.15, -0.1) is 0 Å². The quantitative estimate of drug-likeness (QED) is 0.267. The number of benzene rings is 1. The molecule has 1 amide bonds. The van der Waals surface area contributed by atoms with Crippen LogP contribution in [0.2, 0.25) is 0 Å². The number of amides is 1. The van der Waals surface area contributed by atoms with E-state index in [1.807, 2.05) is 27.7 Å². The summed E-state index contributed by atoms with van der Waals surface area (Å²) in [6, 6.07) is 6.49. The van der Waals surface area contributed by atoms with Gasteiger partial charge in [-0.25, -0.2) is 18.4 Å². The number of nitrogens with zero attached hydrogens (tertiary/aromatic N) is 1. The lowest BCUT2D eigenvalue weighted by Crippen LogP contribution is -2.38. The van der Waals surface area contributed by atoms with Crippen molar-refractivity contribution >= 4 is 22.1 Å². The Morgan fingerprint density at radius 2 is 1.76 bits per heavy atom. The Hall–Kier alpha value is -2.33. The Bertz CT molecular complexity index is 771. The molecule has 0 heterocycles. The molecule has 0 bridgehead atoms. The molecule has 0 aliphatic carbocycles. The van der Waals surface area contributed by atoms with E-state index in [1.165, 1.54) is 12.1 Å². The third-order valence-corrected chi connectivity index (χ3v) is 4.50. The summed E-state index contributed by atoms with van der Waals surface area (Å²) in [5.41, 5.74) is 0.478. The number of carbonyl (C=O) groups is 1. The zero-order valence-corrected chi connectivity index (χ0v) is 18.4. The van der Waals surface area contributed by atoms with Crippen molar-refractivity contribution in [2.24, 2.45) is 10.1 Å². The van der Waals surface area contributed by atoms with Crippen LogP contribution in [0.3, 0.4) is 0 Å². The van der Waals surface area contributed by atoms with Crippen LogP contribution in [0.15, 0.2) is 34.2 Å². The highest BCUT2D eigenvalue weighted by Crippen LogP contribution is 2.09. The van der Waals surface area contributed by atoms with Gasteiger partial charge in [0.1, 0.15) is 5.60 Å². The van der Waals surface area contributed by atoms with Crippen molar-refractivity contribution in [3.8, 4) is 0 Å². The molecule has 0 aromatic heterocycles. The second-order valence-corrected chi connectivity index (χ2v) is 8.97. The number of primary sulfonamides is 1. The summed E-state index contributed by atoms with van der Waals surface area (Å²) in [6.07, 6.45) is 0.959. The topological polar surface area (TPSA) is 135 Å². The lowest BCUT2D eigenvalue weighted by atomic mass is 10.1. The van der Waals surface area contributed by atoms with Gasteiger partial charge in [0, 0.05) is 26.2 Å². The van der Waals surface area contributed by atoms with E-state index in [-0.39, 0.29) is 4.90 Å². The summed E-state index contributed by atoms with van der Waals surface area (Å²) >= 11 is 0. The lowest BCUT2D eigenvalue weighted by Gasteiger charge is -2.19. The number of hydrogen-bond acceptors (Lipinski definition) is 5. The van der Waals surface area contributed by atoms with Gasteiger partial charge in [0.2, 0.25) is 10.0 Å². The van der Waals surface area contributed by atoms with Crippen LogP contribution in [0.1, 0.15) is 39.7 Å². The molecule has 0 fully saturated rings. The number of rotatable bonds is 9. The van der Waals surface area contributed by atoms with Gasteiger partial charge in [0.25, 0.3) is 0 Å². The molecular weight excluding hydrogens is 394 g/mol. The average molecular weight is 428 g/mol. The fraction of sp³-hybridized carbons (Fsp3) is 0.579. The molecule has 5 N–H and O–H groups in total. The third kappa shape index (κ3) is 11.3. The summed E-state index contributed by atoms with van der Waals surface area (Å²) in [7, 11) is -3.67. The number of sulfonamides is 1. The van der Waals surface area contributed by atoms with E-state index in [1.54, 1.807) is 12.1 Å². The minimum atomic E-state index is -3.67. The van der Waals surface area contributed by atoms with Crippen LogP contribution in [0, 0.1) is 0 Å². The molecule has 0 spiro atoms. The van der Waals surface area contributed by atoms with E-state index in [0.717, 1.165) is 12.1 Å². The highest BCUT2D eigenvalue weighted by Gasteiger charge is 2.15. The van der Waals surface area contributed by atoms with Crippen LogP contribution < -0.4 is 21.1 Å². The Kier molecular flexibility index (Phi) is 9.90. The first-order chi connectivity index (χ1) is 13.5. The van der Waals surface area contributed by atoms with Gasteiger partial charge in [-0.3, -0.25) is 4.99 Å². The number of hydrogen-bond donors (Lipinski definition) is 4. The molecule has 9 nitrogen and oxygen atoms in total. The Morgan fingerprint density at radius 1 is 1.10 bits per heavy atom. The number of guanidine groups is 1. The summed E-state index contributed by atoms with van der Waals surface area (Å²) < 4.78 is 27.7. The smallest absolute Gasteiger partial charge is 0.407 e. The molecule has 0 unspecified atom stereocenters. The molecule has 0 saturated carbocycles. The van der Waals surface area contributed by atoms with Crippen LogP contribution in [-0.2, 0) is 21.2 Å². The first-order valence-corrected chi connectivity index (χ1v) is 11.2. The number of nitrogens with one attached hydrogen (secondary N) is 3. The van der Waals surface area contributed by atoms with Crippen molar-refractivity contribution in [1.29, 1.82) is 0 Å². The fourth-order valence-corrected chi connectivity index (χ4v) is 2.80. The van der Waals surface area contributed by atoms with Gasteiger partial charge in [0.05, 0.1) is 4.90 Å². The van der Waals surface area contributed by atoms with Gasteiger partial charge in [-0.2, -0.15) is 0 Å². The van der Waals surface area contributed by atoms with Crippen molar-refractivity contribution in [2.75, 3.05) is 26.2 Å². The second-order valence-electron chi connectivity index (χ2n) is 7.41. The van der Waals surface area contributed by atoms with Gasteiger partial charge in [-0.05, 0) is 58.2 Å². The number of nitrogens with two attached hydrogens (primary N) is 1. The van der Waals surface area contributed by atoms with E-state index in [9.17, 15) is 13.2 Å². The van der Waals surface area contributed by atoms with Gasteiger partial charge in [-0.1, -0.05) is 12.1 Å². The maximum absolute atomic E-state index is 11.6. The Balaban J connectivity index is 2.38. The molecule has 1 aromatic carbocycles. The predicted molar refractivity (Wildman–Crippen MR) is 114 cm³/mol. The SMILES string of the molecule is CCNC(=NCCCNC(=O)OC(C)(C)C)NCCc1ccc(S(N)(=O)=O)cc1. The van der Waals surface area contributed by atoms with Crippen molar-refractivity contribution < 1.29 is 17.9 Å². The summed E-state index contributed by atoms with van der Waals surface area (Å²) in [5, 5.41) is 14.2. The Morgan fingerprint density at radius 3 is 2.31 bits per heavy atom. The standard InChI is InChI=1S/C19H33N5O4S/c1-5-21-17(22-12-6-13-24-18(25)28-19(2,3)4)23-14-11-15-7-9-16(10-8-15)29(20,26)27/h7-10H,5-6,11-14H2,1-4H3,(H,24,25)(H2,20,26,27)(H2,21,22,23). The first-order valence-electron chi connectivity index (χ1n) is 9.62. The molecule has 1 rings (SSSR count). The fourth-order valence-electron chi connectivity index (χ4n) is 2.29. The minimum Gasteiger partial charge on any atom is -0.444 e. The van der Waals surface area contributed by atoms with Crippen LogP contribution in [-0.4, -0.2) is 52.3 Å². The molecule has 164 valence electrons. The molecular formula is C19H33N5O4S. The van der Waals surface area contributed by atoms with Gasteiger partial charge >= 0.3 is 6.09 Å². The molecule has 1 aromatic rings. The number of alkyl carbamates (subject to hydrolysis) is 1. The molecule has 29 heavy (non-hydrogen) atoms. The van der Waals surface area contributed by atoms with E-state index in [4.69, 9.17) is 9.88 Å². The highest BCUT2D eigenvalue weighted by atomic mass is 32.2. The van der Waals surface area contributed by atoms with Crippen LogP contribution in [0.25, 0.3) is 0 Å². The summed E-state index contributed by atoms with van der Waals surface area (Å²) in [6.45, 7) is 9.83. The average Bonchev–Trinajstić information content (AvgIpc) is 2.59. The molecule has 0 atom stereocenters. The van der Waals surface area contributed by atoms with E-state index in [2.05, 4.69) is 20.9 Å². The largest absolute Gasteiger partial charge is 0.444 e. The molecule has 0 aliphatic rings. The van der Waals surface area contributed by atoms with Crippen LogP contribution >= 0.6 is 0 Å². The minimum absolute atomic E-state index is 0.101. The number of carbonyl (C=O) groups excluding carboxylic acids is 1. The van der Waals surface area contributed by atoms with Crippen molar-refractivity contribution in [3.63, 3.8) is 0 Å². The Labute approximate surface area is 173 Å². The van der Waals surface area contributed by atoms with E-state index in [0.29, 0.717) is 38.4 Å². The monoisotopic (exact) mass is 427 g/mol. The number of ether oxygens (including phenoxy) is 1. The molecule has 0 saturated heterocycles. The van der Waals surface area contributed by atoms with Crippen molar-refractivity contribution in [1.82, 2.24) is 16.0 Å². The van der Waals surface area contributed by atoms with Gasteiger partial charge < -0.3 is 20.7 Å². The first kappa shape index (κ1) is 24.7. The predicted octanol–water partition coefficient (Wildman–Crippen LogP) is 1.35. The maximum atomic E-state index is 11.6. The molecule has 0 radical (unpaired) electrons. The zero-order valence-electron chi connectivity index (χ0n) is 17.6. The van der Waals surface area contributed by atoms with Crippen molar-refractivity contribution in [3.05, 3.63) is 29.8 Å². The van der Waals surface area contributed by atoms with Crippen LogP contribution in [0.4, 0.5) is 4.79 Å². The molecule has 0 aliphatic heterocycles. The normalized spacial score (nSPS) is 12.4. The highest BCUT2D eigenvalue weighted by molar-refractivity contribution is 7.89. The summed E-state index contributed by atoms with van der Waals surface area (Å²) in [4.78, 5) is 16.1. The third-order valence-electron chi connectivity index (χ3n) is 3.58. The van der Waals surface area contributed by atoms with Gasteiger partial charge in [0.15, 0.2) is 5.96 Å². The van der Waals surface area contributed by atoms with E-state index < -0.39 is 21.7 Å². The summed E-state index contributed by atoms with van der Waals surface area (Å²) in [5.74, 6) is 0.686. The number of aliphatic imine (C=N–C) groups is 1. The maximum Gasteiger partial charge on any atom is 0.407 e. The van der Waals surface area contributed by atoms with Crippen LogP contribution in [0.5, 0.6) is 0 Å². The lowest BCUT2D eigenvalue weighted by molar-refractivity contribution is 0.0527. The van der Waals surface area contributed by atoms with E-state index >= 15 is 0 Å². The second kappa shape index (κ2) is 11.6. The zero-order chi connectivity index (χ0) is 21.9. The molecule has 10 heteroatoms.